The fourth-order valence-corrected chi connectivity index (χ4v) is 1.33. The van der Waals surface area contributed by atoms with Crippen molar-refractivity contribution in [3.63, 3.8) is 0 Å². The summed E-state index contributed by atoms with van der Waals surface area (Å²) in [5, 5.41) is 15.3. The van der Waals surface area contributed by atoms with Crippen LogP contribution in [0.25, 0.3) is 0 Å². The van der Waals surface area contributed by atoms with Gasteiger partial charge in [-0.1, -0.05) is 19.1 Å². The Labute approximate surface area is 95.7 Å². The predicted octanol–water partition coefficient (Wildman–Crippen LogP) is 1.64. The largest absolute Gasteiger partial charge is 0.505 e. The van der Waals surface area contributed by atoms with Crippen LogP contribution in [0.2, 0.25) is 0 Å². The smallest absolute Gasteiger partial charge is 0.238 e. The standard InChI is InChI=1S/C12H18N2O2/c1-3-7-13-8-11(15)14-10-6-4-5-9(2)12(10)16/h4-6,13,16H,3,7-8H2,1-2H3,(H,14,15). The predicted molar refractivity (Wildman–Crippen MR) is 64.6 cm³/mol. The van der Waals surface area contributed by atoms with Gasteiger partial charge in [0.15, 0.2) is 0 Å². The van der Waals surface area contributed by atoms with E-state index in [2.05, 4.69) is 10.6 Å². The number of phenolic OH excluding ortho intramolecular Hbond substituents is 1. The molecule has 0 fully saturated rings. The van der Waals surface area contributed by atoms with E-state index in [-0.39, 0.29) is 18.2 Å². The Morgan fingerprint density at radius 2 is 2.19 bits per heavy atom. The summed E-state index contributed by atoms with van der Waals surface area (Å²) in [5.41, 5.74) is 1.21. The molecule has 0 unspecified atom stereocenters. The van der Waals surface area contributed by atoms with Gasteiger partial charge in [-0.2, -0.15) is 0 Å². The first-order valence-corrected chi connectivity index (χ1v) is 5.44. The molecule has 4 heteroatoms. The van der Waals surface area contributed by atoms with Gasteiger partial charge in [0.25, 0.3) is 0 Å². The summed E-state index contributed by atoms with van der Waals surface area (Å²) in [5.74, 6) is -0.0132. The second-order valence-corrected chi connectivity index (χ2v) is 3.70. The van der Waals surface area contributed by atoms with E-state index in [0.717, 1.165) is 18.5 Å². The van der Waals surface area contributed by atoms with E-state index in [4.69, 9.17) is 0 Å². The highest BCUT2D eigenvalue weighted by Gasteiger charge is 2.06. The van der Waals surface area contributed by atoms with Crippen molar-refractivity contribution in [2.75, 3.05) is 18.4 Å². The second kappa shape index (κ2) is 6.12. The molecule has 0 radical (unpaired) electrons. The molecule has 0 spiro atoms. The van der Waals surface area contributed by atoms with E-state index in [9.17, 15) is 9.90 Å². The van der Waals surface area contributed by atoms with Crippen LogP contribution in [0.15, 0.2) is 18.2 Å². The number of hydrogen-bond donors (Lipinski definition) is 3. The normalized spacial score (nSPS) is 10.1. The molecule has 0 saturated heterocycles. The van der Waals surface area contributed by atoms with Crippen molar-refractivity contribution in [2.45, 2.75) is 20.3 Å². The molecule has 88 valence electrons. The highest BCUT2D eigenvalue weighted by molar-refractivity contribution is 5.93. The molecule has 1 amide bonds. The SMILES string of the molecule is CCCNCC(=O)Nc1cccc(C)c1O. The van der Waals surface area contributed by atoms with Crippen molar-refractivity contribution in [2.24, 2.45) is 0 Å². The van der Waals surface area contributed by atoms with Crippen LogP contribution in [-0.2, 0) is 4.79 Å². The molecule has 0 aliphatic rings. The molecule has 0 bridgehead atoms. The molecule has 0 heterocycles. The van der Waals surface area contributed by atoms with Gasteiger partial charge in [-0.15, -0.1) is 0 Å². The number of carbonyl (C=O) groups is 1. The molecule has 0 atom stereocenters. The minimum atomic E-state index is -0.144. The summed E-state index contributed by atoms with van der Waals surface area (Å²) in [6.45, 7) is 4.91. The molecule has 1 aromatic rings. The first kappa shape index (κ1) is 12.5. The topological polar surface area (TPSA) is 61.4 Å². The number of para-hydroxylation sites is 1. The van der Waals surface area contributed by atoms with Crippen LogP contribution < -0.4 is 10.6 Å². The van der Waals surface area contributed by atoms with Gasteiger partial charge in [0.2, 0.25) is 5.91 Å². The third kappa shape index (κ3) is 3.55. The highest BCUT2D eigenvalue weighted by Crippen LogP contribution is 2.26. The van der Waals surface area contributed by atoms with Gasteiger partial charge in [-0.05, 0) is 31.5 Å². The van der Waals surface area contributed by atoms with Crippen molar-refractivity contribution < 1.29 is 9.90 Å². The number of anilines is 1. The maximum Gasteiger partial charge on any atom is 0.238 e. The summed E-state index contributed by atoms with van der Waals surface area (Å²) in [6.07, 6.45) is 0.989. The Morgan fingerprint density at radius 1 is 1.44 bits per heavy atom. The van der Waals surface area contributed by atoms with E-state index in [1.54, 1.807) is 25.1 Å². The van der Waals surface area contributed by atoms with Crippen LogP contribution in [0.5, 0.6) is 5.75 Å². The molecule has 1 aromatic carbocycles. The number of aromatic hydroxyl groups is 1. The average molecular weight is 222 g/mol. The minimum absolute atomic E-state index is 0.131. The van der Waals surface area contributed by atoms with E-state index < -0.39 is 0 Å². The molecule has 1 rings (SSSR count). The summed E-state index contributed by atoms with van der Waals surface area (Å²) >= 11 is 0. The van der Waals surface area contributed by atoms with Crippen molar-refractivity contribution in [1.29, 1.82) is 0 Å². The molecule has 0 saturated carbocycles. The van der Waals surface area contributed by atoms with E-state index >= 15 is 0 Å². The van der Waals surface area contributed by atoms with Crippen molar-refractivity contribution in [3.05, 3.63) is 23.8 Å². The Hall–Kier alpha value is -1.55. The number of benzene rings is 1. The maximum atomic E-state index is 11.5. The second-order valence-electron chi connectivity index (χ2n) is 3.70. The number of nitrogens with one attached hydrogen (secondary N) is 2. The number of hydrogen-bond acceptors (Lipinski definition) is 3. The quantitative estimate of drug-likeness (QED) is 0.524. The van der Waals surface area contributed by atoms with E-state index in [1.807, 2.05) is 6.92 Å². The number of rotatable bonds is 5. The lowest BCUT2D eigenvalue weighted by atomic mass is 10.2. The number of aryl methyl sites for hydroxylation is 1. The minimum Gasteiger partial charge on any atom is -0.505 e. The molecule has 4 nitrogen and oxygen atoms in total. The molecule has 3 N–H and O–H groups in total. The maximum absolute atomic E-state index is 11.5. The molecule has 0 aliphatic heterocycles. The van der Waals surface area contributed by atoms with Crippen molar-refractivity contribution in [3.8, 4) is 5.75 Å². The third-order valence-corrected chi connectivity index (χ3v) is 2.22. The van der Waals surface area contributed by atoms with Gasteiger partial charge in [0.1, 0.15) is 5.75 Å². The Morgan fingerprint density at radius 3 is 2.88 bits per heavy atom. The van der Waals surface area contributed by atoms with Crippen LogP contribution in [0.4, 0.5) is 5.69 Å². The Bertz CT molecular complexity index is 364. The van der Waals surface area contributed by atoms with E-state index in [0.29, 0.717) is 5.69 Å². The summed E-state index contributed by atoms with van der Waals surface area (Å²) in [7, 11) is 0. The number of phenols is 1. The molecule has 16 heavy (non-hydrogen) atoms. The lowest BCUT2D eigenvalue weighted by Gasteiger charge is -2.09. The fourth-order valence-electron chi connectivity index (χ4n) is 1.33. The zero-order chi connectivity index (χ0) is 12.0. The van der Waals surface area contributed by atoms with Crippen molar-refractivity contribution >= 4 is 11.6 Å². The molecule has 0 aromatic heterocycles. The van der Waals surface area contributed by atoms with Crippen LogP contribution in [0.3, 0.4) is 0 Å². The first-order valence-electron chi connectivity index (χ1n) is 5.44. The van der Waals surface area contributed by atoms with Gasteiger partial charge in [-0.25, -0.2) is 0 Å². The zero-order valence-corrected chi connectivity index (χ0v) is 9.71. The van der Waals surface area contributed by atoms with Crippen LogP contribution in [0.1, 0.15) is 18.9 Å². The van der Waals surface area contributed by atoms with Gasteiger partial charge < -0.3 is 15.7 Å². The van der Waals surface area contributed by atoms with Gasteiger partial charge in [-0.3, -0.25) is 4.79 Å². The third-order valence-electron chi connectivity index (χ3n) is 2.22. The monoisotopic (exact) mass is 222 g/mol. The van der Waals surface area contributed by atoms with Crippen LogP contribution >= 0.6 is 0 Å². The molecular formula is C12H18N2O2. The fraction of sp³-hybridized carbons (Fsp3) is 0.417. The Kier molecular flexibility index (Phi) is 4.79. The van der Waals surface area contributed by atoms with Gasteiger partial charge in [0, 0.05) is 0 Å². The molecular weight excluding hydrogens is 204 g/mol. The summed E-state index contributed by atoms with van der Waals surface area (Å²) in [6, 6.07) is 5.27. The van der Waals surface area contributed by atoms with Crippen LogP contribution in [0, 0.1) is 6.92 Å². The first-order chi connectivity index (χ1) is 7.65. The summed E-state index contributed by atoms with van der Waals surface area (Å²) < 4.78 is 0. The average Bonchev–Trinajstić information content (AvgIpc) is 2.25. The lowest BCUT2D eigenvalue weighted by molar-refractivity contribution is -0.115. The molecule has 0 aliphatic carbocycles. The van der Waals surface area contributed by atoms with Gasteiger partial charge >= 0.3 is 0 Å². The van der Waals surface area contributed by atoms with Crippen molar-refractivity contribution in [1.82, 2.24) is 5.32 Å². The van der Waals surface area contributed by atoms with Gasteiger partial charge in [0.05, 0.1) is 12.2 Å². The lowest BCUT2D eigenvalue weighted by Crippen LogP contribution is -2.28. The van der Waals surface area contributed by atoms with E-state index in [1.165, 1.54) is 0 Å². The zero-order valence-electron chi connectivity index (χ0n) is 9.71. The number of carbonyl (C=O) groups excluding carboxylic acids is 1. The number of amides is 1. The summed E-state index contributed by atoms with van der Waals surface area (Å²) in [4.78, 5) is 11.5. The Balaban J connectivity index is 2.53. The highest BCUT2D eigenvalue weighted by atomic mass is 16.3. The van der Waals surface area contributed by atoms with Crippen LogP contribution in [-0.4, -0.2) is 24.1 Å².